The molecule has 352 valence electrons. The molecule has 0 spiro atoms. The molecule has 4 aliphatic carbocycles. The van der Waals surface area contributed by atoms with Gasteiger partial charge in [-0.1, -0.05) is 129 Å². The van der Waals surface area contributed by atoms with Gasteiger partial charge < -0.3 is 28.4 Å². The maximum Gasteiger partial charge on any atom is 0.187 e. The molecule has 4 unspecified atom stereocenters. The molecule has 1 saturated heterocycles. The molecule has 4 saturated carbocycles. The van der Waals surface area contributed by atoms with Crippen LogP contribution in [0.4, 0.5) is 0 Å². The lowest BCUT2D eigenvalue weighted by Gasteiger charge is -2.61. The number of benzene rings is 2. The normalized spacial score (nSPS) is 37.5. The Bertz CT molecular complexity index is 1710. The Balaban J connectivity index is 1.00. The largest absolute Gasteiger partial charge is 0.374 e. The SMILES string of the molecule is CCCCO[C@@H]1C2COCc3ccccc3CCc3ccccc3COC1[C@H](OCCCC)[C@H](OC1CC[C@@]3(C)[C@@H](CC[C@@H]4[C@@H]3CC[C@]3(C)C([C@H](C)CCCC(C)C)CC[C@@H]43)C1)O2. The van der Waals surface area contributed by atoms with Gasteiger partial charge in [0, 0.05) is 13.2 Å². The van der Waals surface area contributed by atoms with Crippen LogP contribution in [0.15, 0.2) is 48.5 Å². The van der Waals surface area contributed by atoms with Crippen molar-refractivity contribution in [3.63, 3.8) is 0 Å². The van der Waals surface area contributed by atoms with E-state index in [4.69, 9.17) is 28.4 Å². The zero-order valence-electron chi connectivity index (χ0n) is 40.8. The summed E-state index contributed by atoms with van der Waals surface area (Å²) in [5.41, 5.74) is 6.07. The first-order chi connectivity index (χ1) is 30.6. The van der Waals surface area contributed by atoms with Crippen LogP contribution in [0.5, 0.6) is 0 Å². The van der Waals surface area contributed by atoms with Crippen LogP contribution in [-0.4, -0.2) is 56.6 Å². The van der Waals surface area contributed by atoms with Crippen molar-refractivity contribution < 1.29 is 28.4 Å². The topological polar surface area (TPSA) is 55.4 Å². The third-order valence-electron chi connectivity index (χ3n) is 18.2. The van der Waals surface area contributed by atoms with Gasteiger partial charge in [-0.3, -0.25) is 0 Å². The van der Waals surface area contributed by atoms with Crippen LogP contribution in [0.3, 0.4) is 0 Å². The van der Waals surface area contributed by atoms with Crippen molar-refractivity contribution in [2.45, 2.75) is 214 Å². The van der Waals surface area contributed by atoms with E-state index in [1.165, 1.54) is 86.5 Å². The monoisotopic (exact) mass is 869 g/mol. The molecule has 2 heterocycles. The van der Waals surface area contributed by atoms with Crippen LogP contribution < -0.4 is 0 Å². The fourth-order valence-corrected chi connectivity index (χ4v) is 14.6. The lowest BCUT2D eigenvalue weighted by atomic mass is 9.44. The first kappa shape index (κ1) is 47.7. The molecule has 2 aromatic rings. The van der Waals surface area contributed by atoms with E-state index in [2.05, 4.69) is 97.0 Å². The summed E-state index contributed by atoms with van der Waals surface area (Å²) in [5, 5.41) is 0. The summed E-state index contributed by atoms with van der Waals surface area (Å²) in [5.74, 6) is 5.94. The number of hydrogen-bond acceptors (Lipinski definition) is 6. The summed E-state index contributed by atoms with van der Waals surface area (Å²) < 4.78 is 42.0. The van der Waals surface area contributed by atoms with Crippen LogP contribution in [0.25, 0.3) is 0 Å². The Hall–Kier alpha value is -1.80. The van der Waals surface area contributed by atoms with E-state index >= 15 is 0 Å². The van der Waals surface area contributed by atoms with Crippen LogP contribution in [0, 0.1) is 52.3 Å². The van der Waals surface area contributed by atoms with Crippen LogP contribution in [-0.2, 0) is 54.5 Å². The zero-order chi connectivity index (χ0) is 44.0. The van der Waals surface area contributed by atoms with Crippen molar-refractivity contribution in [2.24, 2.45) is 52.3 Å². The highest BCUT2D eigenvalue weighted by atomic mass is 16.7. The standard InChI is InChI=1S/C57H88O6/c1-8-10-33-59-52-51-38-58-36-43-21-14-12-19-41(43)23-24-42-20-13-15-22-44(42)37-61-53(52)54(60-34-11-9-2)55(63-51)62-46-29-31-56(6)45(35-46)25-26-47-49-28-27-48(40(5)18-16-17-39(3)4)57(49,7)32-30-50(47)56/h12-15,19-22,39-40,45-55H,8-11,16-18,23-38H2,1-7H3/t40-,45+,46?,47+,48?,49+,50+,51?,52-,53?,54+,55-,56+,57-/m1/s1. The van der Waals surface area contributed by atoms with Gasteiger partial charge in [0.05, 0.1) is 25.9 Å². The molecule has 0 N–H and O–H groups in total. The van der Waals surface area contributed by atoms with E-state index in [-0.39, 0.29) is 24.4 Å². The van der Waals surface area contributed by atoms with Gasteiger partial charge in [0.1, 0.15) is 24.4 Å². The fourth-order valence-electron chi connectivity index (χ4n) is 14.6. The number of ether oxygens (including phenoxy) is 6. The quantitative estimate of drug-likeness (QED) is 0.131. The second kappa shape index (κ2) is 21.9. The summed E-state index contributed by atoms with van der Waals surface area (Å²) in [7, 11) is 0. The lowest BCUT2D eigenvalue weighted by molar-refractivity contribution is -0.337. The molecule has 2 aliphatic heterocycles. The molecule has 2 aromatic carbocycles. The van der Waals surface area contributed by atoms with Gasteiger partial charge in [-0.2, -0.15) is 0 Å². The van der Waals surface area contributed by atoms with Gasteiger partial charge >= 0.3 is 0 Å². The molecule has 6 heteroatoms. The molecule has 63 heavy (non-hydrogen) atoms. The average molecular weight is 869 g/mol. The molecule has 0 amide bonds. The van der Waals surface area contributed by atoms with Gasteiger partial charge in [-0.15, -0.1) is 0 Å². The maximum atomic E-state index is 7.35. The molecule has 0 aromatic heterocycles. The molecular formula is C57H88O6. The molecule has 14 atom stereocenters. The van der Waals surface area contributed by atoms with Crippen LogP contribution in [0.2, 0.25) is 0 Å². The second-order valence-corrected chi connectivity index (χ2v) is 22.5. The minimum absolute atomic E-state index is 0.135. The Labute approximate surface area is 384 Å². The van der Waals surface area contributed by atoms with E-state index in [9.17, 15) is 0 Å². The highest BCUT2D eigenvalue weighted by Crippen LogP contribution is 2.68. The Morgan fingerprint density at radius 3 is 2.03 bits per heavy atom. The number of rotatable bonds is 15. The van der Waals surface area contributed by atoms with Crippen LogP contribution >= 0.6 is 0 Å². The summed E-state index contributed by atoms with van der Waals surface area (Å²) in [6, 6.07) is 17.6. The zero-order valence-corrected chi connectivity index (χ0v) is 40.8. The minimum atomic E-state index is -0.555. The molecule has 0 radical (unpaired) electrons. The maximum absolute atomic E-state index is 7.35. The van der Waals surface area contributed by atoms with E-state index in [1.807, 2.05) is 0 Å². The first-order valence-corrected chi connectivity index (χ1v) is 26.5. The smallest absolute Gasteiger partial charge is 0.187 e. The van der Waals surface area contributed by atoms with E-state index in [0.717, 1.165) is 86.9 Å². The highest BCUT2D eigenvalue weighted by molar-refractivity contribution is 5.31. The van der Waals surface area contributed by atoms with Crippen molar-refractivity contribution >= 4 is 0 Å². The Morgan fingerprint density at radius 1 is 0.683 bits per heavy atom. The predicted molar refractivity (Wildman–Crippen MR) is 254 cm³/mol. The third kappa shape index (κ3) is 10.7. The molecule has 6 aliphatic rings. The van der Waals surface area contributed by atoms with Gasteiger partial charge in [-0.25, -0.2) is 0 Å². The summed E-state index contributed by atoms with van der Waals surface area (Å²) >= 11 is 0. The Morgan fingerprint density at radius 2 is 1.33 bits per heavy atom. The van der Waals surface area contributed by atoms with Crippen molar-refractivity contribution in [1.82, 2.24) is 0 Å². The first-order valence-electron chi connectivity index (χ1n) is 26.5. The van der Waals surface area contributed by atoms with Crippen LogP contribution in [0.1, 0.15) is 173 Å². The Kier molecular flexibility index (Phi) is 16.6. The molecule has 5 fully saturated rings. The molecular weight excluding hydrogens is 781 g/mol. The summed E-state index contributed by atoms with van der Waals surface area (Å²) in [4.78, 5) is 0. The molecule has 6 nitrogen and oxygen atoms in total. The summed E-state index contributed by atoms with van der Waals surface area (Å²) in [6.07, 6.45) is 20.4. The van der Waals surface area contributed by atoms with E-state index < -0.39 is 12.4 Å². The fraction of sp³-hybridized carbons (Fsp3) is 0.789. The number of fused-ring (bicyclic) bond motifs is 9. The van der Waals surface area contributed by atoms with Crippen molar-refractivity contribution in [1.29, 1.82) is 0 Å². The van der Waals surface area contributed by atoms with Crippen molar-refractivity contribution in [3.8, 4) is 0 Å². The van der Waals surface area contributed by atoms with Gasteiger partial charge in [-0.05, 0) is 158 Å². The van der Waals surface area contributed by atoms with E-state index in [1.54, 1.807) is 0 Å². The lowest BCUT2D eigenvalue weighted by Crippen LogP contribution is -2.62. The predicted octanol–water partition coefficient (Wildman–Crippen LogP) is 13.5. The van der Waals surface area contributed by atoms with Crippen molar-refractivity contribution in [2.75, 3.05) is 19.8 Å². The summed E-state index contributed by atoms with van der Waals surface area (Å²) in [6.45, 7) is 20.0. The van der Waals surface area contributed by atoms with E-state index in [0.29, 0.717) is 49.8 Å². The third-order valence-corrected chi connectivity index (χ3v) is 18.2. The van der Waals surface area contributed by atoms with Gasteiger partial charge in [0.15, 0.2) is 6.29 Å². The number of hydrogen-bond donors (Lipinski definition) is 0. The number of unbranched alkanes of at least 4 members (excludes halogenated alkanes) is 2. The van der Waals surface area contributed by atoms with Gasteiger partial charge in [0.2, 0.25) is 0 Å². The second-order valence-electron chi connectivity index (χ2n) is 22.5. The average Bonchev–Trinajstić information content (AvgIpc) is 3.64. The number of aryl methyl sites for hydroxylation is 2. The molecule has 2 bridgehead atoms. The minimum Gasteiger partial charge on any atom is -0.374 e. The molecule has 8 rings (SSSR count). The highest BCUT2D eigenvalue weighted by Gasteiger charge is 2.61. The van der Waals surface area contributed by atoms with Gasteiger partial charge in [0.25, 0.3) is 0 Å². The van der Waals surface area contributed by atoms with Crippen molar-refractivity contribution in [3.05, 3.63) is 70.8 Å².